The van der Waals surface area contributed by atoms with Crippen molar-refractivity contribution in [3.8, 4) is 0 Å². The Morgan fingerprint density at radius 1 is 1.06 bits per heavy atom. The number of hydrogen-bond donors (Lipinski definition) is 0. The van der Waals surface area contributed by atoms with E-state index in [4.69, 9.17) is 0 Å². The van der Waals surface area contributed by atoms with E-state index in [0.29, 0.717) is 0 Å². The van der Waals surface area contributed by atoms with Crippen LogP contribution in [0.1, 0.15) is 11.1 Å². The molecule has 4 heteroatoms. The van der Waals surface area contributed by atoms with E-state index in [1.54, 1.807) is 23.5 Å². The summed E-state index contributed by atoms with van der Waals surface area (Å²) in [7, 11) is 0. The maximum atomic E-state index is 10.4. The second-order valence-electron chi connectivity index (χ2n) is 3.24. The van der Waals surface area contributed by atoms with Gasteiger partial charge in [0, 0.05) is 12.1 Å². The summed E-state index contributed by atoms with van der Waals surface area (Å²) in [6.07, 6.45) is 3.92. The third-order valence-electron chi connectivity index (χ3n) is 2.12. The molecule has 0 bridgehead atoms. The van der Waals surface area contributed by atoms with Gasteiger partial charge >= 0.3 is 0 Å². The SMILES string of the molecule is O=[N+]([O-])c1ccc(/C=C/c2ccsc2)cc1. The Bertz CT molecular complexity index is 500. The minimum Gasteiger partial charge on any atom is -0.258 e. The quantitative estimate of drug-likeness (QED) is 0.595. The van der Waals surface area contributed by atoms with Gasteiger partial charge in [-0.1, -0.05) is 12.2 Å². The highest BCUT2D eigenvalue weighted by Crippen LogP contribution is 2.15. The molecule has 0 aliphatic carbocycles. The Balaban J connectivity index is 2.14. The van der Waals surface area contributed by atoms with Gasteiger partial charge in [-0.15, -0.1) is 0 Å². The van der Waals surface area contributed by atoms with Crippen LogP contribution in [0.4, 0.5) is 5.69 Å². The molecule has 1 aromatic carbocycles. The first-order valence-electron chi connectivity index (χ1n) is 4.70. The molecule has 0 radical (unpaired) electrons. The van der Waals surface area contributed by atoms with Crippen LogP contribution in [0, 0.1) is 10.1 Å². The molecule has 0 aliphatic heterocycles. The van der Waals surface area contributed by atoms with Crippen molar-refractivity contribution in [2.45, 2.75) is 0 Å². The van der Waals surface area contributed by atoms with Crippen molar-refractivity contribution in [1.82, 2.24) is 0 Å². The fourth-order valence-electron chi connectivity index (χ4n) is 1.27. The summed E-state index contributed by atoms with van der Waals surface area (Å²) in [6, 6.07) is 8.51. The van der Waals surface area contributed by atoms with Gasteiger partial charge in [-0.2, -0.15) is 11.3 Å². The standard InChI is InChI=1S/C12H9NO2S/c14-13(15)12-5-3-10(4-6-12)1-2-11-7-8-16-9-11/h1-9H/b2-1+. The van der Waals surface area contributed by atoms with Crippen LogP contribution in [-0.4, -0.2) is 4.92 Å². The number of benzene rings is 1. The molecule has 0 N–H and O–H groups in total. The van der Waals surface area contributed by atoms with Gasteiger partial charge in [0.1, 0.15) is 0 Å². The van der Waals surface area contributed by atoms with Crippen LogP contribution in [0.5, 0.6) is 0 Å². The summed E-state index contributed by atoms with van der Waals surface area (Å²) < 4.78 is 0. The molecular formula is C12H9NO2S. The molecular weight excluding hydrogens is 222 g/mol. The zero-order valence-electron chi connectivity index (χ0n) is 8.37. The lowest BCUT2D eigenvalue weighted by molar-refractivity contribution is -0.384. The molecule has 80 valence electrons. The first-order chi connectivity index (χ1) is 7.75. The monoisotopic (exact) mass is 231 g/mol. The lowest BCUT2D eigenvalue weighted by Crippen LogP contribution is -1.86. The Hall–Kier alpha value is -1.94. The average Bonchev–Trinajstić information content (AvgIpc) is 2.80. The second-order valence-corrected chi connectivity index (χ2v) is 4.02. The van der Waals surface area contributed by atoms with Crippen molar-refractivity contribution < 1.29 is 4.92 Å². The average molecular weight is 231 g/mol. The van der Waals surface area contributed by atoms with E-state index in [0.717, 1.165) is 11.1 Å². The van der Waals surface area contributed by atoms with E-state index < -0.39 is 4.92 Å². The van der Waals surface area contributed by atoms with E-state index in [2.05, 4.69) is 0 Å². The number of hydrogen-bond acceptors (Lipinski definition) is 3. The second kappa shape index (κ2) is 4.72. The summed E-state index contributed by atoms with van der Waals surface area (Å²) in [5.74, 6) is 0. The molecule has 0 aliphatic rings. The van der Waals surface area contributed by atoms with E-state index in [9.17, 15) is 10.1 Å². The summed E-state index contributed by atoms with van der Waals surface area (Å²) >= 11 is 1.64. The van der Waals surface area contributed by atoms with Crippen LogP contribution >= 0.6 is 11.3 Å². The molecule has 16 heavy (non-hydrogen) atoms. The Morgan fingerprint density at radius 3 is 2.31 bits per heavy atom. The topological polar surface area (TPSA) is 43.1 Å². The minimum atomic E-state index is -0.396. The number of nitrogens with zero attached hydrogens (tertiary/aromatic N) is 1. The summed E-state index contributed by atoms with van der Waals surface area (Å²) in [5.41, 5.74) is 2.22. The number of thiophene rings is 1. The highest BCUT2D eigenvalue weighted by Gasteiger charge is 2.01. The van der Waals surface area contributed by atoms with Crippen molar-refractivity contribution in [3.63, 3.8) is 0 Å². The molecule has 0 atom stereocenters. The fraction of sp³-hybridized carbons (Fsp3) is 0. The van der Waals surface area contributed by atoms with Gasteiger partial charge in [-0.3, -0.25) is 10.1 Å². The van der Waals surface area contributed by atoms with Gasteiger partial charge in [0.15, 0.2) is 0 Å². The van der Waals surface area contributed by atoms with Crippen LogP contribution in [-0.2, 0) is 0 Å². The molecule has 0 spiro atoms. The maximum absolute atomic E-state index is 10.4. The van der Waals surface area contributed by atoms with Crippen LogP contribution in [0.3, 0.4) is 0 Å². The molecule has 1 aromatic heterocycles. The van der Waals surface area contributed by atoms with Gasteiger partial charge in [0.05, 0.1) is 4.92 Å². The van der Waals surface area contributed by atoms with Crippen LogP contribution in [0.25, 0.3) is 12.2 Å². The smallest absolute Gasteiger partial charge is 0.258 e. The van der Waals surface area contributed by atoms with Gasteiger partial charge in [0.2, 0.25) is 0 Å². The van der Waals surface area contributed by atoms with Gasteiger partial charge in [-0.05, 0) is 40.1 Å². The molecule has 0 saturated heterocycles. The van der Waals surface area contributed by atoms with Crippen molar-refractivity contribution in [2.24, 2.45) is 0 Å². The van der Waals surface area contributed by atoms with Gasteiger partial charge < -0.3 is 0 Å². The largest absolute Gasteiger partial charge is 0.269 e. The van der Waals surface area contributed by atoms with Crippen molar-refractivity contribution in [1.29, 1.82) is 0 Å². The first-order valence-corrected chi connectivity index (χ1v) is 5.65. The normalized spacial score (nSPS) is 10.8. The molecule has 0 saturated carbocycles. The summed E-state index contributed by atoms with van der Waals surface area (Å²) in [4.78, 5) is 10.0. The first kappa shape index (κ1) is 10.6. The number of rotatable bonds is 3. The molecule has 0 amide bonds. The zero-order valence-corrected chi connectivity index (χ0v) is 9.18. The Labute approximate surface area is 96.8 Å². The third kappa shape index (κ3) is 2.55. The Morgan fingerprint density at radius 2 is 1.75 bits per heavy atom. The predicted octanol–water partition coefficient (Wildman–Crippen LogP) is 3.83. The molecule has 3 nitrogen and oxygen atoms in total. The fourth-order valence-corrected chi connectivity index (χ4v) is 1.90. The minimum absolute atomic E-state index is 0.118. The Kier molecular flexibility index (Phi) is 3.12. The third-order valence-corrected chi connectivity index (χ3v) is 2.82. The van der Waals surface area contributed by atoms with Crippen molar-refractivity contribution in [3.05, 3.63) is 62.3 Å². The van der Waals surface area contributed by atoms with E-state index in [-0.39, 0.29) is 5.69 Å². The van der Waals surface area contributed by atoms with Gasteiger partial charge in [-0.25, -0.2) is 0 Å². The molecule has 1 heterocycles. The molecule has 2 aromatic rings. The summed E-state index contributed by atoms with van der Waals surface area (Å²) in [5, 5.41) is 14.5. The van der Waals surface area contributed by atoms with E-state index in [1.165, 1.54) is 12.1 Å². The van der Waals surface area contributed by atoms with Crippen LogP contribution in [0.15, 0.2) is 41.1 Å². The van der Waals surface area contributed by atoms with Crippen LogP contribution in [0.2, 0.25) is 0 Å². The number of non-ortho nitro benzene ring substituents is 1. The highest BCUT2D eigenvalue weighted by atomic mass is 32.1. The van der Waals surface area contributed by atoms with Crippen molar-refractivity contribution >= 4 is 29.2 Å². The summed E-state index contributed by atoms with van der Waals surface area (Å²) in [6.45, 7) is 0. The van der Waals surface area contributed by atoms with E-state index >= 15 is 0 Å². The molecule has 0 unspecified atom stereocenters. The van der Waals surface area contributed by atoms with Gasteiger partial charge in [0.25, 0.3) is 5.69 Å². The van der Waals surface area contributed by atoms with Crippen LogP contribution < -0.4 is 0 Å². The lowest BCUT2D eigenvalue weighted by atomic mass is 10.2. The molecule has 0 fully saturated rings. The lowest BCUT2D eigenvalue weighted by Gasteiger charge is -1.93. The maximum Gasteiger partial charge on any atom is 0.269 e. The van der Waals surface area contributed by atoms with Crippen molar-refractivity contribution in [2.75, 3.05) is 0 Å². The predicted molar refractivity (Wildman–Crippen MR) is 66.3 cm³/mol. The molecule has 2 rings (SSSR count). The zero-order chi connectivity index (χ0) is 11.4. The number of nitro benzene ring substituents is 1. The van der Waals surface area contributed by atoms with E-state index in [1.807, 2.05) is 29.0 Å². The highest BCUT2D eigenvalue weighted by molar-refractivity contribution is 7.08. The number of nitro groups is 1.